The summed E-state index contributed by atoms with van der Waals surface area (Å²) in [7, 11) is 0. The highest BCUT2D eigenvalue weighted by Gasteiger charge is 2.15. The van der Waals surface area contributed by atoms with Gasteiger partial charge in [0.25, 0.3) is 0 Å². The third-order valence-electron chi connectivity index (χ3n) is 1.49. The van der Waals surface area contributed by atoms with Crippen LogP contribution in [0.3, 0.4) is 0 Å². The lowest BCUT2D eigenvalue weighted by molar-refractivity contribution is -0.998. The van der Waals surface area contributed by atoms with E-state index in [2.05, 4.69) is 15.4 Å². The van der Waals surface area contributed by atoms with E-state index in [-0.39, 0.29) is 11.1 Å². The standard InChI is InChI=1S/C6H7N5O/c7-6-9-4-1-2-8-3-5(4)11(12)10-6/h1-3,11-12H,(H2-,7,9,10). The van der Waals surface area contributed by atoms with E-state index in [1.165, 1.54) is 6.20 Å². The monoisotopic (exact) mass is 165 g/mol. The molecule has 1 aromatic heterocycles. The number of aliphatic imine (C=N–C) groups is 1. The number of nitrogens with one attached hydrogen (secondary N) is 1. The lowest BCUT2D eigenvalue weighted by Crippen LogP contribution is -3.01. The van der Waals surface area contributed by atoms with Gasteiger partial charge in [0.05, 0.1) is 17.8 Å². The van der Waals surface area contributed by atoms with Crippen LogP contribution in [0, 0.1) is 0 Å². The molecule has 6 nitrogen and oxygen atoms in total. The van der Waals surface area contributed by atoms with Crippen LogP contribution in [0.2, 0.25) is 0 Å². The largest absolute Gasteiger partial charge is 0.449 e. The first-order valence-electron chi connectivity index (χ1n) is 3.33. The summed E-state index contributed by atoms with van der Waals surface area (Å²) in [6, 6.07) is 1.66. The Hall–Kier alpha value is -1.66. The highest BCUT2D eigenvalue weighted by molar-refractivity contribution is 5.93. The van der Waals surface area contributed by atoms with Crippen molar-refractivity contribution in [3.8, 4) is 0 Å². The van der Waals surface area contributed by atoms with Crippen LogP contribution in [0.25, 0.3) is 5.43 Å². The number of nitrogens with zero attached hydrogens (tertiary/aromatic N) is 3. The van der Waals surface area contributed by atoms with Crippen LogP contribution >= 0.6 is 0 Å². The van der Waals surface area contributed by atoms with Gasteiger partial charge in [0, 0.05) is 6.20 Å². The van der Waals surface area contributed by atoms with Gasteiger partial charge in [-0.25, -0.2) is 0 Å². The summed E-state index contributed by atoms with van der Waals surface area (Å²) in [5, 5.41) is 9.15. The summed E-state index contributed by atoms with van der Waals surface area (Å²) in [6.45, 7) is 0. The Bertz CT molecular complexity index is 336. The topological polar surface area (TPSA) is 90.0 Å². The molecule has 0 saturated heterocycles. The maximum atomic E-state index is 9.28. The molecule has 0 aromatic carbocycles. The number of pyridine rings is 1. The summed E-state index contributed by atoms with van der Waals surface area (Å²) in [5.74, 6) is 0.0613. The van der Waals surface area contributed by atoms with Crippen molar-refractivity contribution in [3.63, 3.8) is 0 Å². The number of nitrogens with two attached hydrogens (primary N) is 1. The number of quaternary nitrogens is 1. The van der Waals surface area contributed by atoms with Crippen molar-refractivity contribution in [2.45, 2.75) is 0 Å². The molecule has 1 unspecified atom stereocenters. The molecule has 1 atom stereocenters. The van der Waals surface area contributed by atoms with E-state index < -0.39 is 0 Å². The molecule has 62 valence electrons. The highest BCUT2D eigenvalue weighted by atomic mass is 16.5. The normalized spacial score (nSPS) is 20.8. The molecule has 4 N–H and O–H groups in total. The Kier molecular flexibility index (Phi) is 1.42. The van der Waals surface area contributed by atoms with Gasteiger partial charge in [-0.05, 0) is 6.07 Å². The van der Waals surface area contributed by atoms with Gasteiger partial charge in [0.2, 0.25) is 5.69 Å². The zero-order chi connectivity index (χ0) is 8.55. The summed E-state index contributed by atoms with van der Waals surface area (Å²) < 4.78 is 0. The van der Waals surface area contributed by atoms with Crippen LogP contribution in [0.1, 0.15) is 0 Å². The van der Waals surface area contributed by atoms with Crippen LogP contribution in [0.15, 0.2) is 23.5 Å². The molecule has 0 radical (unpaired) electrons. The van der Waals surface area contributed by atoms with Crippen LogP contribution in [0.4, 0.5) is 11.4 Å². The van der Waals surface area contributed by atoms with Crippen LogP contribution in [-0.2, 0) is 0 Å². The Morgan fingerprint density at radius 2 is 2.42 bits per heavy atom. The van der Waals surface area contributed by atoms with Crippen molar-refractivity contribution >= 4 is 17.3 Å². The van der Waals surface area contributed by atoms with Gasteiger partial charge in [0.15, 0.2) is 0 Å². The molecule has 6 heteroatoms. The molecule has 12 heavy (non-hydrogen) atoms. The van der Waals surface area contributed by atoms with Crippen molar-refractivity contribution in [2.24, 2.45) is 10.7 Å². The molecule has 0 saturated carbocycles. The predicted molar refractivity (Wildman–Crippen MR) is 41.3 cm³/mol. The molecule has 0 fully saturated rings. The summed E-state index contributed by atoms with van der Waals surface area (Å²) in [4.78, 5) is 7.73. The van der Waals surface area contributed by atoms with Gasteiger partial charge in [0.1, 0.15) is 0 Å². The molecule has 0 bridgehead atoms. The van der Waals surface area contributed by atoms with Crippen LogP contribution < -0.4 is 10.9 Å². The fourth-order valence-corrected chi connectivity index (χ4v) is 0.974. The van der Waals surface area contributed by atoms with E-state index in [0.29, 0.717) is 11.4 Å². The van der Waals surface area contributed by atoms with Crippen LogP contribution in [-0.4, -0.2) is 16.2 Å². The van der Waals surface area contributed by atoms with Gasteiger partial charge in [-0.1, -0.05) is 5.17 Å². The van der Waals surface area contributed by atoms with Gasteiger partial charge >= 0.3 is 0 Å². The van der Waals surface area contributed by atoms with E-state index in [1.54, 1.807) is 12.3 Å². The second kappa shape index (κ2) is 2.43. The minimum atomic E-state index is -0.134. The maximum Gasteiger partial charge on any atom is 0.208 e. The Morgan fingerprint density at radius 1 is 1.58 bits per heavy atom. The fourth-order valence-electron chi connectivity index (χ4n) is 0.974. The lowest BCUT2D eigenvalue weighted by atomic mass is 10.3. The quantitative estimate of drug-likeness (QED) is 0.471. The molecule has 1 aliphatic rings. The van der Waals surface area contributed by atoms with E-state index in [0.717, 1.165) is 0 Å². The maximum absolute atomic E-state index is 9.28. The van der Waals surface area contributed by atoms with Crippen molar-refractivity contribution in [1.82, 2.24) is 4.98 Å². The van der Waals surface area contributed by atoms with Gasteiger partial charge in [-0.15, -0.1) is 0 Å². The predicted octanol–water partition coefficient (Wildman–Crippen LogP) is -0.764. The van der Waals surface area contributed by atoms with Crippen molar-refractivity contribution in [3.05, 3.63) is 23.9 Å². The molecule has 1 aliphatic heterocycles. The third kappa shape index (κ3) is 0.987. The van der Waals surface area contributed by atoms with Gasteiger partial charge < -0.3 is 10.7 Å². The van der Waals surface area contributed by atoms with Crippen molar-refractivity contribution in [1.29, 1.82) is 0 Å². The lowest BCUT2D eigenvalue weighted by Gasteiger charge is -2.21. The summed E-state index contributed by atoms with van der Waals surface area (Å²) >= 11 is 0. The Balaban J connectivity index is 2.55. The number of fused-ring (bicyclic) bond motifs is 1. The molecular weight excluding hydrogens is 158 g/mol. The third-order valence-corrected chi connectivity index (χ3v) is 1.49. The SMILES string of the molecule is NC1=Nc2ccncc2[NH+](O)[N-]1. The van der Waals surface area contributed by atoms with E-state index in [9.17, 15) is 5.21 Å². The minimum absolute atomic E-state index is 0.0613. The number of guanidine groups is 1. The highest BCUT2D eigenvalue weighted by Crippen LogP contribution is 2.21. The van der Waals surface area contributed by atoms with Crippen LogP contribution in [0.5, 0.6) is 0 Å². The first-order chi connectivity index (χ1) is 5.77. The number of hydrogen-bond acceptors (Lipinski definition) is 4. The molecule has 2 rings (SSSR count). The number of hydrogen-bond donors (Lipinski definition) is 3. The van der Waals surface area contributed by atoms with Gasteiger partial charge in [-0.2, -0.15) is 10.6 Å². The molecule has 1 aromatic rings. The number of aromatic nitrogens is 1. The first kappa shape index (κ1) is 7.01. The average Bonchev–Trinajstić information content (AvgIpc) is 2.04. The van der Waals surface area contributed by atoms with Crippen molar-refractivity contribution in [2.75, 3.05) is 0 Å². The smallest absolute Gasteiger partial charge is 0.208 e. The summed E-state index contributed by atoms with van der Waals surface area (Å²) in [5.41, 5.74) is 10.0. The second-order valence-electron chi connectivity index (χ2n) is 2.30. The van der Waals surface area contributed by atoms with E-state index in [4.69, 9.17) is 5.73 Å². The Morgan fingerprint density at radius 3 is 3.25 bits per heavy atom. The van der Waals surface area contributed by atoms with Gasteiger partial charge in [-0.3, -0.25) is 4.98 Å². The molecular formula is C6H7N5O. The Labute approximate surface area is 68.3 Å². The first-order valence-corrected chi connectivity index (χ1v) is 3.33. The second-order valence-corrected chi connectivity index (χ2v) is 2.30. The van der Waals surface area contributed by atoms with E-state index >= 15 is 0 Å². The number of rotatable bonds is 0. The summed E-state index contributed by atoms with van der Waals surface area (Å²) in [6.07, 6.45) is 3.07. The molecule has 0 amide bonds. The fraction of sp³-hybridized carbons (Fsp3) is 0. The molecule has 2 heterocycles. The molecule has 0 spiro atoms. The zero-order valence-corrected chi connectivity index (χ0v) is 6.10. The minimum Gasteiger partial charge on any atom is -0.449 e. The molecule has 0 aliphatic carbocycles. The average molecular weight is 165 g/mol. The zero-order valence-electron chi connectivity index (χ0n) is 6.10. The van der Waals surface area contributed by atoms with Crippen molar-refractivity contribution < 1.29 is 10.4 Å². The van der Waals surface area contributed by atoms with E-state index in [1.807, 2.05) is 0 Å².